The van der Waals surface area contributed by atoms with Gasteiger partial charge in [0, 0.05) is 25.4 Å². The highest BCUT2D eigenvalue weighted by Crippen LogP contribution is 2.22. The predicted molar refractivity (Wildman–Crippen MR) is 121 cm³/mol. The Labute approximate surface area is 197 Å². The summed E-state index contributed by atoms with van der Waals surface area (Å²) >= 11 is 7.39. The molecule has 176 valence electrons. The van der Waals surface area contributed by atoms with Crippen LogP contribution in [0.5, 0.6) is 0 Å². The molecule has 0 aliphatic rings. The maximum atomic E-state index is 12.6. The predicted octanol–water partition coefficient (Wildman–Crippen LogP) is 1.94. The molecule has 13 heteroatoms. The van der Waals surface area contributed by atoms with E-state index in [1.54, 1.807) is 25.6 Å². The van der Waals surface area contributed by atoms with Gasteiger partial charge in [0.15, 0.2) is 6.61 Å². The van der Waals surface area contributed by atoms with Gasteiger partial charge < -0.3 is 14.6 Å². The molecule has 2 aromatic rings. The lowest BCUT2D eigenvalue weighted by molar-refractivity contribution is -0.384. The summed E-state index contributed by atoms with van der Waals surface area (Å²) in [5, 5.41) is 15.2. The number of carbonyl (C=O) groups is 4. The number of non-ortho nitro benzene ring substituents is 1. The van der Waals surface area contributed by atoms with Crippen molar-refractivity contribution in [2.75, 3.05) is 18.6 Å². The number of hydrogen-bond donors (Lipinski definition) is 2. The first-order valence-corrected chi connectivity index (χ1v) is 11.3. The van der Waals surface area contributed by atoms with Crippen LogP contribution in [0.1, 0.15) is 27.3 Å². The first kappa shape index (κ1) is 25.9. The molecule has 0 saturated carbocycles. The molecule has 1 aromatic carbocycles. The normalized spacial score (nSPS) is 11.4. The van der Waals surface area contributed by atoms with Gasteiger partial charge in [0.25, 0.3) is 23.4 Å². The van der Waals surface area contributed by atoms with E-state index in [1.807, 2.05) is 0 Å². The van der Waals surface area contributed by atoms with Crippen LogP contribution in [0.15, 0.2) is 36.5 Å². The van der Waals surface area contributed by atoms with Crippen LogP contribution in [0.2, 0.25) is 5.02 Å². The van der Waals surface area contributed by atoms with E-state index in [2.05, 4.69) is 10.6 Å². The average molecular weight is 497 g/mol. The highest BCUT2D eigenvalue weighted by molar-refractivity contribution is 7.98. The lowest BCUT2D eigenvalue weighted by Crippen LogP contribution is -2.44. The molecule has 2 N–H and O–H groups in total. The van der Waals surface area contributed by atoms with Crippen molar-refractivity contribution in [3.05, 3.63) is 62.9 Å². The Morgan fingerprint density at radius 1 is 1.24 bits per heavy atom. The number of carbonyl (C=O) groups excluding carboxylic acids is 4. The zero-order valence-corrected chi connectivity index (χ0v) is 19.3. The first-order chi connectivity index (χ1) is 15.6. The summed E-state index contributed by atoms with van der Waals surface area (Å²) in [6.07, 6.45) is 3.63. The molecule has 11 nitrogen and oxygen atoms in total. The largest absolute Gasteiger partial charge is 0.454 e. The third-order valence-corrected chi connectivity index (χ3v) is 5.34. The fraction of sp³-hybridized carbons (Fsp3) is 0.300. The van der Waals surface area contributed by atoms with Crippen LogP contribution in [-0.4, -0.2) is 57.8 Å². The van der Waals surface area contributed by atoms with E-state index in [0.29, 0.717) is 5.75 Å². The number of nitrogens with zero attached hydrogens (tertiary/aromatic N) is 2. The molecule has 0 unspecified atom stereocenters. The summed E-state index contributed by atoms with van der Waals surface area (Å²) < 4.78 is 6.49. The van der Waals surface area contributed by atoms with Gasteiger partial charge in [-0.3, -0.25) is 29.8 Å². The zero-order chi connectivity index (χ0) is 24.5. The van der Waals surface area contributed by atoms with Crippen LogP contribution in [-0.2, 0) is 21.4 Å². The molecule has 33 heavy (non-hydrogen) atoms. The van der Waals surface area contributed by atoms with E-state index in [1.165, 1.54) is 28.5 Å². The lowest BCUT2D eigenvalue weighted by Gasteiger charge is -2.17. The Bertz CT molecular complexity index is 1070. The molecule has 0 spiro atoms. The maximum absolute atomic E-state index is 12.6. The molecule has 1 atom stereocenters. The molecule has 0 saturated heterocycles. The number of nitrogens with one attached hydrogen (secondary N) is 2. The number of amides is 3. The molecule has 0 aliphatic heterocycles. The summed E-state index contributed by atoms with van der Waals surface area (Å²) in [7, 11) is 1.63. The molecule has 3 amide bonds. The number of nitro benzene ring substituents is 1. The number of aromatic nitrogens is 1. The van der Waals surface area contributed by atoms with Gasteiger partial charge in [0.1, 0.15) is 11.7 Å². The summed E-state index contributed by atoms with van der Waals surface area (Å²) in [5.74, 6) is -2.60. The number of rotatable bonds is 10. The lowest BCUT2D eigenvalue weighted by atomic mass is 10.1. The molecule has 1 aromatic heterocycles. The molecule has 1 heterocycles. The number of halogens is 1. The van der Waals surface area contributed by atoms with E-state index in [4.69, 9.17) is 16.3 Å². The quantitative estimate of drug-likeness (QED) is 0.288. The van der Waals surface area contributed by atoms with Gasteiger partial charge in [0.2, 0.25) is 0 Å². The third-order valence-electron chi connectivity index (χ3n) is 4.38. The number of aryl methyl sites for hydroxylation is 1. The van der Waals surface area contributed by atoms with Crippen LogP contribution >= 0.6 is 23.4 Å². The van der Waals surface area contributed by atoms with Gasteiger partial charge >= 0.3 is 5.97 Å². The van der Waals surface area contributed by atoms with Crippen molar-refractivity contribution in [3.63, 3.8) is 0 Å². The van der Waals surface area contributed by atoms with Crippen LogP contribution in [0, 0.1) is 10.1 Å². The minimum Gasteiger partial charge on any atom is -0.454 e. The first-order valence-electron chi connectivity index (χ1n) is 9.50. The SMILES string of the molecule is CSCC[C@@H](NC(=O)c1ccc([N+](=O)[O-])cc1Cl)C(=O)OCC(=O)NC(=O)c1cccn1C. The Hall–Kier alpha value is -3.38. The van der Waals surface area contributed by atoms with E-state index in [-0.39, 0.29) is 28.4 Å². The fourth-order valence-corrected chi connectivity index (χ4v) is 3.42. The van der Waals surface area contributed by atoms with Gasteiger partial charge in [-0.25, -0.2) is 4.79 Å². The summed E-state index contributed by atoms with van der Waals surface area (Å²) in [6.45, 7) is -0.723. The molecule has 2 rings (SSSR count). The van der Waals surface area contributed by atoms with Crippen molar-refractivity contribution >= 4 is 52.7 Å². The molecular weight excluding hydrogens is 476 g/mol. The summed E-state index contributed by atoms with van der Waals surface area (Å²) in [6, 6.07) is 5.37. The number of esters is 1. The van der Waals surface area contributed by atoms with Gasteiger partial charge in [0.05, 0.1) is 15.5 Å². The van der Waals surface area contributed by atoms with E-state index >= 15 is 0 Å². The average Bonchev–Trinajstić information content (AvgIpc) is 3.20. The van der Waals surface area contributed by atoms with Crippen molar-refractivity contribution < 1.29 is 28.8 Å². The van der Waals surface area contributed by atoms with Gasteiger partial charge in [-0.2, -0.15) is 11.8 Å². The van der Waals surface area contributed by atoms with Gasteiger partial charge in [-0.05, 0) is 36.6 Å². The smallest absolute Gasteiger partial charge is 0.329 e. The van der Waals surface area contributed by atoms with E-state index in [0.717, 1.165) is 12.1 Å². The molecule has 0 aliphatic carbocycles. The molecule has 0 fully saturated rings. The standard InChI is InChI=1S/C20H21ClN4O7S/c1-24-8-3-4-16(24)19(28)23-17(26)11-32-20(29)15(7-9-33-2)22-18(27)13-6-5-12(25(30)31)10-14(13)21/h3-6,8,10,15H,7,9,11H2,1-2H3,(H,22,27)(H,23,26,28)/t15-/m1/s1. The number of benzene rings is 1. The van der Waals surface area contributed by atoms with Crippen molar-refractivity contribution in [1.82, 2.24) is 15.2 Å². The van der Waals surface area contributed by atoms with Crippen molar-refractivity contribution in [2.45, 2.75) is 12.5 Å². The molecule has 0 radical (unpaired) electrons. The molecular formula is C20H21ClN4O7S. The van der Waals surface area contributed by atoms with Crippen molar-refractivity contribution in [3.8, 4) is 0 Å². The Balaban J connectivity index is 1.99. The summed E-state index contributed by atoms with van der Waals surface area (Å²) in [5.41, 5.74) is -0.0966. The van der Waals surface area contributed by atoms with E-state index < -0.39 is 41.3 Å². The van der Waals surface area contributed by atoms with Crippen molar-refractivity contribution in [2.24, 2.45) is 7.05 Å². The van der Waals surface area contributed by atoms with Gasteiger partial charge in [-0.15, -0.1) is 0 Å². The van der Waals surface area contributed by atoms with Crippen molar-refractivity contribution in [1.29, 1.82) is 0 Å². The number of nitro groups is 1. The van der Waals surface area contributed by atoms with Crippen LogP contribution in [0.4, 0.5) is 5.69 Å². The van der Waals surface area contributed by atoms with Crippen LogP contribution in [0.3, 0.4) is 0 Å². The van der Waals surface area contributed by atoms with Gasteiger partial charge in [-0.1, -0.05) is 11.6 Å². The van der Waals surface area contributed by atoms with Crippen LogP contribution < -0.4 is 10.6 Å². The maximum Gasteiger partial charge on any atom is 0.329 e. The Morgan fingerprint density at radius 3 is 2.55 bits per heavy atom. The molecule has 0 bridgehead atoms. The number of hydrogen-bond acceptors (Lipinski definition) is 8. The van der Waals surface area contributed by atoms with E-state index in [9.17, 15) is 29.3 Å². The fourth-order valence-electron chi connectivity index (χ4n) is 2.68. The third kappa shape index (κ3) is 7.32. The number of thioether (sulfide) groups is 1. The minimum absolute atomic E-state index is 0.0601. The number of imide groups is 1. The minimum atomic E-state index is -1.10. The second-order valence-electron chi connectivity index (χ2n) is 6.72. The second-order valence-corrected chi connectivity index (χ2v) is 8.11. The second kappa shape index (κ2) is 12.0. The zero-order valence-electron chi connectivity index (χ0n) is 17.7. The monoisotopic (exact) mass is 496 g/mol. The Morgan fingerprint density at radius 2 is 1.97 bits per heavy atom. The highest BCUT2D eigenvalue weighted by Gasteiger charge is 2.25. The topological polar surface area (TPSA) is 150 Å². The highest BCUT2D eigenvalue weighted by atomic mass is 35.5. The summed E-state index contributed by atoms with van der Waals surface area (Å²) in [4.78, 5) is 59.3. The van der Waals surface area contributed by atoms with Crippen LogP contribution in [0.25, 0.3) is 0 Å². The number of ether oxygens (including phenoxy) is 1. The Kier molecular flexibility index (Phi) is 9.43.